The third kappa shape index (κ3) is 3.46. The Balaban J connectivity index is 1.54. The quantitative estimate of drug-likeness (QED) is 0.926. The van der Waals surface area contributed by atoms with Crippen LogP contribution in [0.4, 0.5) is 0 Å². The molecule has 0 aromatic heterocycles. The summed E-state index contributed by atoms with van der Waals surface area (Å²) in [6.45, 7) is 6.68. The van der Waals surface area contributed by atoms with Crippen LogP contribution in [-0.4, -0.2) is 23.4 Å². The van der Waals surface area contributed by atoms with E-state index >= 15 is 0 Å². The second kappa shape index (κ2) is 6.18. The Labute approximate surface area is 127 Å². The van der Waals surface area contributed by atoms with Gasteiger partial charge in [0.25, 0.3) is 0 Å². The van der Waals surface area contributed by atoms with Gasteiger partial charge in [0.05, 0.1) is 6.54 Å². The normalized spacial score (nSPS) is 19.5. The maximum Gasteiger partial charge on any atom is 0.234 e. The first-order chi connectivity index (χ1) is 10.1. The Morgan fingerprint density at radius 1 is 1.10 bits per heavy atom. The van der Waals surface area contributed by atoms with Crippen molar-refractivity contribution in [3.63, 3.8) is 0 Å². The fraction of sp³-hybridized carbons (Fsp3) is 0.611. The standard InChI is InChI=1S/C18H26N2O/c1-13-8-15-10-20(11-16(15)9-14(13)2)12-18(21)19-17-6-4-3-5-7-17/h8-9,17H,3-7,10-12H2,1-2H3,(H,19,21). The van der Waals surface area contributed by atoms with Gasteiger partial charge in [-0.25, -0.2) is 0 Å². The van der Waals surface area contributed by atoms with Crippen LogP contribution in [0.15, 0.2) is 12.1 Å². The number of hydrogen-bond acceptors (Lipinski definition) is 2. The SMILES string of the molecule is Cc1cc2c(cc1C)CN(CC(=O)NC1CCCCC1)C2. The highest BCUT2D eigenvalue weighted by atomic mass is 16.2. The molecule has 0 bridgehead atoms. The van der Waals surface area contributed by atoms with Crippen LogP contribution >= 0.6 is 0 Å². The molecule has 0 unspecified atom stereocenters. The molecule has 1 aliphatic carbocycles. The molecule has 0 atom stereocenters. The number of rotatable bonds is 3. The second-order valence-corrected chi connectivity index (χ2v) is 6.75. The van der Waals surface area contributed by atoms with Crippen LogP contribution in [0.25, 0.3) is 0 Å². The van der Waals surface area contributed by atoms with Crippen molar-refractivity contribution < 1.29 is 4.79 Å². The van der Waals surface area contributed by atoms with Crippen LogP contribution in [0, 0.1) is 13.8 Å². The Bertz CT molecular complexity index is 501. The Hall–Kier alpha value is -1.35. The van der Waals surface area contributed by atoms with Crippen molar-refractivity contribution in [2.75, 3.05) is 6.54 Å². The first-order valence-corrected chi connectivity index (χ1v) is 8.22. The maximum absolute atomic E-state index is 12.2. The van der Waals surface area contributed by atoms with Gasteiger partial charge in [-0.15, -0.1) is 0 Å². The Morgan fingerprint density at radius 3 is 2.24 bits per heavy atom. The summed E-state index contributed by atoms with van der Waals surface area (Å²) in [7, 11) is 0. The Kier molecular flexibility index (Phi) is 4.29. The van der Waals surface area contributed by atoms with Crippen LogP contribution in [0.1, 0.15) is 54.4 Å². The number of carbonyl (C=O) groups is 1. The molecular weight excluding hydrogens is 260 g/mol. The van der Waals surface area contributed by atoms with Crippen molar-refractivity contribution in [3.05, 3.63) is 34.4 Å². The van der Waals surface area contributed by atoms with E-state index in [2.05, 4.69) is 36.2 Å². The first-order valence-electron chi connectivity index (χ1n) is 8.22. The molecule has 1 heterocycles. The molecule has 21 heavy (non-hydrogen) atoms. The molecule has 3 rings (SSSR count). The van der Waals surface area contributed by atoms with E-state index in [-0.39, 0.29) is 5.91 Å². The van der Waals surface area contributed by atoms with Gasteiger partial charge in [-0.2, -0.15) is 0 Å². The minimum atomic E-state index is 0.197. The van der Waals surface area contributed by atoms with E-state index in [9.17, 15) is 4.79 Å². The molecule has 1 fully saturated rings. The van der Waals surface area contributed by atoms with Crippen molar-refractivity contribution in [1.82, 2.24) is 10.2 Å². The predicted octanol–water partition coefficient (Wildman–Crippen LogP) is 3.07. The fourth-order valence-electron chi connectivity index (χ4n) is 3.60. The number of nitrogens with zero attached hydrogens (tertiary/aromatic N) is 1. The molecule has 0 radical (unpaired) electrons. The minimum Gasteiger partial charge on any atom is -0.352 e. The molecule has 1 saturated carbocycles. The predicted molar refractivity (Wildman–Crippen MR) is 85.0 cm³/mol. The molecule has 1 aromatic rings. The number of carbonyl (C=O) groups excluding carboxylic acids is 1. The van der Waals surface area contributed by atoms with Crippen molar-refractivity contribution in [2.24, 2.45) is 0 Å². The molecule has 3 heteroatoms. The summed E-state index contributed by atoms with van der Waals surface area (Å²) < 4.78 is 0. The zero-order chi connectivity index (χ0) is 14.8. The molecule has 1 N–H and O–H groups in total. The van der Waals surface area contributed by atoms with Crippen molar-refractivity contribution in [1.29, 1.82) is 0 Å². The molecule has 1 aromatic carbocycles. The summed E-state index contributed by atoms with van der Waals surface area (Å²) in [5, 5.41) is 3.21. The molecular formula is C18H26N2O. The molecule has 0 spiro atoms. The summed E-state index contributed by atoms with van der Waals surface area (Å²) in [5.74, 6) is 0.197. The van der Waals surface area contributed by atoms with Gasteiger partial charge >= 0.3 is 0 Å². The number of benzene rings is 1. The van der Waals surface area contributed by atoms with Gasteiger partial charge in [0.2, 0.25) is 5.91 Å². The van der Waals surface area contributed by atoms with Gasteiger partial charge in [-0.05, 0) is 48.9 Å². The maximum atomic E-state index is 12.2. The average molecular weight is 286 g/mol. The average Bonchev–Trinajstić information content (AvgIpc) is 2.81. The second-order valence-electron chi connectivity index (χ2n) is 6.75. The van der Waals surface area contributed by atoms with Crippen LogP contribution < -0.4 is 5.32 Å². The topological polar surface area (TPSA) is 32.3 Å². The molecule has 1 amide bonds. The summed E-state index contributed by atoms with van der Waals surface area (Å²) >= 11 is 0. The zero-order valence-electron chi connectivity index (χ0n) is 13.2. The zero-order valence-corrected chi connectivity index (χ0v) is 13.2. The fourth-order valence-corrected chi connectivity index (χ4v) is 3.60. The van der Waals surface area contributed by atoms with E-state index in [1.54, 1.807) is 0 Å². The number of amides is 1. The third-order valence-corrected chi connectivity index (χ3v) is 4.94. The largest absolute Gasteiger partial charge is 0.352 e. The summed E-state index contributed by atoms with van der Waals surface area (Å²) in [6, 6.07) is 4.98. The van der Waals surface area contributed by atoms with Crippen LogP contribution in [0.5, 0.6) is 0 Å². The highest BCUT2D eigenvalue weighted by Crippen LogP contribution is 2.25. The minimum absolute atomic E-state index is 0.197. The number of hydrogen-bond donors (Lipinski definition) is 1. The van der Waals surface area contributed by atoms with Crippen LogP contribution in [0.3, 0.4) is 0 Å². The smallest absolute Gasteiger partial charge is 0.234 e. The van der Waals surface area contributed by atoms with E-state index < -0.39 is 0 Å². The highest BCUT2D eigenvalue weighted by Gasteiger charge is 2.23. The van der Waals surface area contributed by atoms with E-state index in [1.807, 2.05) is 0 Å². The molecule has 0 saturated heterocycles. The number of aryl methyl sites for hydroxylation is 2. The number of nitrogens with one attached hydrogen (secondary N) is 1. The van der Waals surface area contributed by atoms with E-state index in [1.165, 1.54) is 41.5 Å². The van der Waals surface area contributed by atoms with E-state index in [4.69, 9.17) is 0 Å². The number of fused-ring (bicyclic) bond motifs is 1. The highest BCUT2D eigenvalue weighted by molar-refractivity contribution is 5.78. The van der Waals surface area contributed by atoms with E-state index in [0.29, 0.717) is 12.6 Å². The molecule has 3 nitrogen and oxygen atoms in total. The van der Waals surface area contributed by atoms with Crippen molar-refractivity contribution in [2.45, 2.75) is 65.1 Å². The lowest BCUT2D eigenvalue weighted by Crippen LogP contribution is -2.41. The Morgan fingerprint density at radius 2 is 1.67 bits per heavy atom. The molecule has 1 aliphatic heterocycles. The van der Waals surface area contributed by atoms with Gasteiger partial charge in [-0.1, -0.05) is 31.4 Å². The van der Waals surface area contributed by atoms with Gasteiger partial charge in [-0.3, -0.25) is 9.69 Å². The lowest BCUT2D eigenvalue weighted by atomic mass is 9.95. The first kappa shape index (κ1) is 14.6. The third-order valence-electron chi connectivity index (χ3n) is 4.94. The lowest BCUT2D eigenvalue weighted by Gasteiger charge is -2.24. The van der Waals surface area contributed by atoms with E-state index in [0.717, 1.165) is 25.9 Å². The van der Waals surface area contributed by atoms with Gasteiger partial charge in [0.15, 0.2) is 0 Å². The lowest BCUT2D eigenvalue weighted by molar-refractivity contribution is -0.123. The molecule has 114 valence electrons. The van der Waals surface area contributed by atoms with Crippen molar-refractivity contribution in [3.8, 4) is 0 Å². The monoisotopic (exact) mass is 286 g/mol. The van der Waals surface area contributed by atoms with Gasteiger partial charge in [0, 0.05) is 19.1 Å². The molecule has 2 aliphatic rings. The summed E-state index contributed by atoms with van der Waals surface area (Å²) in [6.07, 6.45) is 6.17. The summed E-state index contributed by atoms with van der Waals surface area (Å²) in [4.78, 5) is 14.5. The van der Waals surface area contributed by atoms with Gasteiger partial charge < -0.3 is 5.32 Å². The van der Waals surface area contributed by atoms with Crippen LogP contribution in [-0.2, 0) is 17.9 Å². The van der Waals surface area contributed by atoms with Gasteiger partial charge in [0.1, 0.15) is 0 Å². The van der Waals surface area contributed by atoms with Crippen LogP contribution in [0.2, 0.25) is 0 Å². The summed E-state index contributed by atoms with van der Waals surface area (Å²) in [5.41, 5.74) is 5.48. The van der Waals surface area contributed by atoms with Crippen molar-refractivity contribution >= 4 is 5.91 Å².